The van der Waals surface area contributed by atoms with E-state index in [2.05, 4.69) is 4.72 Å². The van der Waals surface area contributed by atoms with E-state index in [0.29, 0.717) is 5.56 Å². The SMILES string of the molecule is COCCN1C=Cc2cc(S(=O)(=O)NC(C)(C)C)sc2S1(=O)=O. The summed E-state index contributed by atoms with van der Waals surface area (Å²) in [6.45, 7) is 5.60. The highest BCUT2D eigenvalue weighted by Gasteiger charge is 2.33. The van der Waals surface area contributed by atoms with Gasteiger partial charge in [0, 0.05) is 24.4 Å². The second-order valence-corrected chi connectivity index (χ2v) is 11.1. The molecule has 0 saturated heterocycles. The number of hydrogen-bond acceptors (Lipinski definition) is 6. The zero-order chi connectivity index (χ0) is 17.5. The van der Waals surface area contributed by atoms with E-state index in [1.54, 1.807) is 26.8 Å². The van der Waals surface area contributed by atoms with E-state index in [1.807, 2.05) is 0 Å². The van der Waals surface area contributed by atoms with E-state index in [0.717, 1.165) is 15.6 Å². The van der Waals surface area contributed by atoms with E-state index in [4.69, 9.17) is 4.74 Å². The molecule has 1 aromatic rings. The zero-order valence-electron chi connectivity index (χ0n) is 13.4. The third-order valence-electron chi connectivity index (χ3n) is 2.89. The molecule has 1 aromatic heterocycles. The number of nitrogens with one attached hydrogen (secondary N) is 1. The third kappa shape index (κ3) is 3.94. The van der Waals surface area contributed by atoms with E-state index in [9.17, 15) is 16.8 Å². The minimum atomic E-state index is -3.77. The van der Waals surface area contributed by atoms with Crippen molar-refractivity contribution in [3.05, 3.63) is 17.8 Å². The number of fused-ring (bicyclic) bond motifs is 1. The monoisotopic (exact) mass is 380 g/mol. The van der Waals surface area contributed by atoms with Crippen LogP contribution in [0.3, 0.4) is 0 Å². The molecule has 130 valence electrons. The molecule has 1 N–H and O–H groups in total. The first-order valence-electron chi connectivity index (χ1n) is 6.84. The van der Waals surface area contributed by atoms with Crippen LogP contribution in [0.25, 0.3) is 6.08 Å². The summed E-state index contributed by atoms with van der Waals surface area (Å²) >= 11 is 0.755. The van der Waals surface area contributed by atoms with Crippen LogP contribution in [0.15, 0.2) is 20.7 Å². The third-order valence-corrected chi connectivity index (χ3v) is 8.57. The summed E-state index contributed by atoms with van der Waals surface area (Å²) in [5.74, 6) is 0. The van der Waals surface area contributed by atoms with Crippen LogP contribution in [-0.2, 0) is 24.8 Å². The van der Waals surface area contributed by atoms with E-state index in [1.165, 1.54) is 19.4 Å². The van der Waals surface area contributed by atoms with E-state index in [-0.39, 0.29) is 21.6 Å². The van der Waals surface area contributed by atoms with Gasteiger partial charge in [-0.3, -0.25) is 4.31 Å². The molecule has 23 heavy (non-hydrogen) atoms. The molecule has 0 saturated carbocycles. The lowest BCUT2D eigenvalue weighted by molar-refractivity contribution is 0.188. The van der Waals surface area contributed by atoms with Crippen molar-refractivity contribution in [1.29, 1.82) is 0 Å². The molecule has 2 rings (SSSR count). The summed E-state index contributed by atoms with van der Waals surface area (Å²) in [4.78, 5) is 0. The molecule has 0 amide bonds. The largest absolute Gasteiger partial charge is 0.383 e. The molecule has 0 radical (unpaired) electrons. The maximum Gasteiger partial charge on any atom is 0.274 e. The van der Waals surface area contributed by atoms with Crippen molar-refractivity contribution < 1.29 is 21.6 Å². The van der Waals surface area contributed by atoms with Gasteiger partial charge >= 0.3 is 0 Å². The summed E-state index contributed by atoms with van der Waals surface area (Å²) < 4.78 is 58.4. The maximum atomic E-state index is 12.5. The van der Waals surface area contributed by atoms with Crippen LogP contribution in [0.4, 0.5) is 0 Å². The van der Waals surface area contributed by atoms with Crippen LogP contribution in [-0.4, -0.2) is 46.9 Å². The summed E-state index contributed by atoms with van der Waals surface area (Å²) in [6, 6.07) is 1.38. The van der Waals surface area contributed by atoms with Crippen LogP contribution in [0.2, 0.25) is 0 Å². The van der Waals surface area contributed by atoms with Crippen molar-refractivity contribution in [2.45, 2.75) is 34.7 Å². The average molecular weight is 381 g/mol. The fraction of sp³-hybridized carbons (Fsp3) is 0.538. The van der Waals surface area contributed by atoms with Gasteiger partial charge in [-0.2, -0.15) is 0 Å². The van der Waals surface area contributed by atoms with Crippen molar-refractivity contribution >= 4 is 37.5 Å². The Hall–Kier alpha value is -0.940. The predicted molar refractivity (Wildman–Crippen MR) is 89.2 cm³/mol. The van der Waals surface area contributed by atoms with Gasteiger partial charge in [-0.25, -0.2) is 21.6 Å². The predicted octanol–water partition coefficient (Wildman–Crippen LogP) is 1.45. The van der Waals surface area contributed by atoms with Gasteiger partial charge in [0.05, 0.1) is 13.2 Å². The molecule has 0 fully saturated rings. The smallest absolute Gasteiger partial charge is 0.274 e. The number of hydrogen-bond donors (Lipinski definition) is 1. The maximum absolute atomic E-state index is 12.5. The van der Waals surface area contributed by atoms with Gasteiger partial charge in [-0.1, -0.05) is 0 Å². The molecule has 1 aliphatic heterocycles. The van der Waals surface area contributed by atoms with Crippen LogP contribution in [0.5, 0.6) is 0 Å². The molecule has 7 nitrogen and oxygen atoms in total. The quantitative estimate of drug-likeness (QED) is 0.834. The molecule has 0 atom stereocenters. The van der Waals surface area contributed by atoms with Gasteiger partial charge in [0.15, 0.2) is 0 Å². The zero-order valence-corrected chi connectivity index (χ0v) is 15.8. The Balaban J connectivity index is 2.41. The number of nitrogens with zero attached hydrogens (tertiary/aromatic N) is 1. The Kier molecular flexibility index (Phi) is 4.94. The molecule has 0 bridgehead atoms. The molecular weight excluding hydrogens is 360 g/mol. The molecule has 0 aromatic carbocycles. The Labute approximate surface area is 141 Å². The number of rotatable bonds is 5. The Bertz CT molecular complexity index is 816. The molecule has 0 spiro atoms. The summed E-state index contributed by atoms with van der Waals surface area (Å²) in [5.41, 5.74) is -0.263. The van der Waals surface area contributed by atoms with Gasteiger partial charge in [0.2, 0.25) is 0 Å². The van der Waals surface area contributed by atoms with Gasteiger partial charge in [-0.15, -0.1) is 11.3 Å². The number of sulfonamides is 2. The van der Waals surface area contributed by atoms with Crippen molar-refractivity contribution in [2.75, 3.05) is 20.3 Å². The number of thiophene rings is 1. The van der Waals surface area contributed by atoms with Gasteiger partial charge < -0.3 is 4.74 Å². The molecule has 0 unspecified atom stereocenters. The molecular formula is C13H20N2O5S3. The van der Waals surface area contributed by atoms with Gasteiger partial charge in [0.1, 0.15) is 8.42 Å². The fourth-order valence-electron chi connectivity index (χ4n) is 2.00. The first-order valence-corrected chi connectivity index (χ1v) is 10.6. The molecule has 0 aliphatic carbocycles. The lowest BCUT2D eigenvalue weighted by atomic mass is 10.1. The summed E-state index contributed by atoms with van der Waals surface area (Å²) in [6.07, 6.45) is 3.02. The Morgan fingerprint density at radius 1 is 1.35 bits per heavy atom. The summed E-state index contributed by atoms with van der Waals surface area (Å²) in [5, 5.41) is 0. The highest BCUT2D eigenvalue weighted by molar-refractivity contribution is 7.94. The second-order valence-electron chi connectivity index (χ2n) is 6.09. The highest BCUT2D eigenvalue weighted by atomic mass is 32.3. The van der Waals surface area contributed by atoms with Crippen molar-refractivity contribution in [3.63, 3.8) is 0 Å². The summed E-state index contributed by atoms with van der Waals surface area (Å²) in [7, 11) is -6.03. The standard InChI is InChI=1S/C13H20N2O5S3/c1-13(2,3)14-22(16,17)11-9-10-5-6-15(7-8-20-4)23(18,19)12(10)21-11/h5-6,9,14H,7-8H2,1-4H3. The molecule has 1 aliphatic rings. The second kappa shape index (κ2) is 6.17. The van der Waals surface area contributed by atoms with Crippen molar-refractivity contribution in [1.82, 2.24) is 9.03 Å². The van der Waals surface area contributed by atoms with Crippen LogP contribution < -0.4 is 4.72 Å². The van der Waals surface area contributed by atoms with Gasteiger partial charge in [-0.05, 0) is 32.9 Å². The normalized spacial score (nSPS) is 17.3. The van der Waals surface area contributed by atoms with Gasteiger partial charge in [0.25, 0.3) is 20.0 Å². The van der Waals surface area contributed by atoms with E-state index < -0.39 is 25.6 Å². The molecule has 2 heterocycles. The first kappa shape index (κ1) is 18.4. The fourth-order valence-corrected chi connectivity index (χ4v) is 6.92. The van der Waals surface area contributed by atoms with E-state index >= 15 is 0 Å². The Morgan fingerprint density at radius 2 is 2.00 bits per heavy atom. The van der Waals surface area contributed by atoms with Crippen LogP contribution in [0, 0.1) is 0 Å². The van der Waals surface area contributed by atoms with Crippen molar-refractivity contribution in [3.8, 4) is 0 Å². The van der Waals surface area contributed by atoms with Crippen LogP contribution in [0.1, 0.15) is 26.3 Å². The minimum absolute atomic E-state index is 0.0146. The van der Waals surface area contributed by atoms with Crippen LogP contribution >= 0.6 is 11.3 Å². The topological polar surface area (TPSA) is 92.8 Å². The Morgan fingerprint density at radius 3 is 2.57 bits per heavy atom. The average Bonchev–Trinajstić information content (AvgIpc) is 2.81. The highest BCUT2D eigenvalue weighted by Crippen LogP contribution is 2.36. The molecule has 10 heteroatoms. The lowest BCUT2D eigenvalue weighted by Crippen LogP contribution is -2.40. The number of ether oxygens (including phenoxy) is 1. The minimum Gasteiger partial charge on any atom is -0.383 e. The first-order chi connectivity index (χ1) is 10.5. The lowest BCUT2D eigenvalue weighted by Gasteiger charge is -2.22. The van der Waals surface area contributed by atoms with Crippen molar-refractivity contribution in [2.24, 2.45) is 0 Å². The number of methoxy groups -OCH3 is 1.